The van der Waals surface area contributed by atoms with E-state index in [9.17, 15) is 13.2 Å². The van der Waals surface area contributed by atoms with Gasteiger partial charge in [-0.3, -0.25) is 4.79 Å². The molecule has 0 bridgehead atoms. The van der Waals surface area contributed by atoms with E-state index in [-0.39, 0.29) is 30.6 Å². The third-order valence-corrected chi connectivity index (χ3v) is 5.02. The van der Waals surface area contributed by atoms with Crippen LogP contribution in [0.25, 0.3) is 0 Å². The van der Waals surface area contributed by atoms with E-state index in [0.29, 0.717) is 4.99 Å². The second-order valence-electron chi connectivity index (χ2n) is 4.66. The average Bonchev–Trinajstić information content (AvgIpc) is 2.75. The molecule has 2 atom stereocenters. The molecule has 1 aliphatic rings. The van der Waals surface area contributed by atoms with Gasteiger partial charge in [-0.15, -0.1) is 0 Å². The van der Waals surface area contributed by atoms with Crippen LogP contribution in [0.4, 0.5) is 0 Å². The lowest BCUT2D eigenvalue weighted by molar-refractivity contribution is -0.140. The minimum absolute atomic E-state index is 0.0645. The van der Waals surface area contributed by atoms with Crippen LogP contribution >= 0.6 is 12.2 Å². The van der Waals surface area contributed by atoms with Crippen molar-refractivity contribution in [2.75, 3.05) is 12.9 Å². The first-order chi connectivity index (χ1) is 8.85. The van der Waals surface area contributed by atoms with Crippen LogP contribution in [0.3, 0.4) is 0 Å². The standard InChI is InChI=1S/C11H20N2O4S2/c1-17-10(14)6-3-7-19(15,16)13-9-5-2-4-8(9)11(12)18/h8-9,13H,2-7H2,1H3,(H2,12,18). The molecule has 0 aromatic rings. The first kappa shape index (κ1) is 16.3. The molecule has 1 aliphatic carbocycles. The highest BCUT2D eigenvalue weighted by Crippen LogP contribution is 2.26. The third kappa shape index (κ3) is 5.42. The van der Waals surface area contributed by atoms with Crippen molar-refractivity contribution in [1.82, 2.24) is 4.72 Å². The normalized spacial score (nSPS) is 23.2. The lowest BCUT2D eigenvalue weighted by atomic mass is 10.1. The van der Waals surface area contributed by atoms with Gasteiger partial charge in [-0.1, -0.05) is 18.6 Å². The molecule has 110 valence electrons. The number of ether oxygens (including phenoxy) is 1. The molecule has 3 N–H and O–H groups in total. The Morgan fingerprint density at radius 1 is 1.47 bits per heavy atom. The van der Waals surface area contributed by atoms with Crippen LogP contribution in [0.2, 0.25) is 0 Å². The molecule has 0 saturated heterocycles. The minimum Gasteiger partial charge on any atom is -0.469 e. The predicted octanol–water partition coefficient (Wildman–Crippen LogP) is 0.314. The Bertz CT molecular complexity index is 436. The number of carbonyl (C=O) groups excluding carboxylic acids is 1. The molecular formula is C11H20N2O4S2. The van der Waals surface area contributed by atoms with Gasteiger partial charge < -0.3 is 10.5 Å². The van der Waals surface area contributed by atoms with Crippen LogP contribution in [-0.2, 0) is 19.6 Å². The lowest BCUT2D eigenvalue weighted by Crippen LogP contribution is -2.42. The predicted molar refractivity (Wildman–Crippen MR) is 76.1 cm³/mol. The molecule has 0 amide bonds. The molecular weight excluding hydrogens is 288 g/mol. The SMILES string of the molecule is COC(=O)CCCS(=O)(=O)NC1CCCC1C(N)=S. The number of carbonyl (C=O) groups is 1. The Labute approximate surface area is 119 Å². The Hall–Kier alpha value is -0.730. The van der Waals surface area contributed by atoms with E-state index < -0.39 is 16.0 Å². The average molecular weight is 308 g/mol. The molecule has 1 fully saturated rings. The number of hydrogen-bond acceptors (Lipinski definition) is 5. The van der Waals surface area contributed by atoms with Crippen LogP contribution in [0.1, 0.15) is 32.1 Å². The number of thiocarbonyl (C=S) groups is 1. The Morgan fingerprint density at radius 2 is 2.16 bits per heavy atom. The molecule has 0 aliphatic heterocycles. The second kappa shape index (κ2) is 7.16. The van der Waals surface area contributed by atoms with Crippen molar-refractivity contribution in [3.05, 3.63) is 0 Å². The third-order valence-electron chi connectivity index (χ3n) is 3.23. The van der Waals surface area contributed by atoms with Gasteiger partial charge in [0.05, 0.1) is 17.9 Å². The van der Waals surface area contributed by atoms with Crippen molar-refractivity contribution in [3.8, 4) is 0 Å². The summed E-state index contributed by atoms with van der Waals surface area (Å²) in [6.45, 7) is 0. The summed E-state index contributed by atoms with van der Waals surface area (Å²) in [5.41, 5.74) is 5.60. The molecule has 0 aromatic carbocycles. The van der Waals surface area contributed by atoms with E-state index in [4.69, 9.17) is 18.0 Å². The van der Waals surface area contributed by atoms with Crippen LogP contribution in [0.15, 0.2) is 0 Å². The summed E-state index contributed by atoms with van der Waals surface area (Å²) in [5.74, 6) is -0.565. The van der Waals surface area contributed by atoms with Crippen molar-refractivity contribution >= 4 is 33.2 Å². The van der Waals surface area contributed by atoms with Gasteiger partial charge >= 0.3 is 5.97 Å². The maximum atomic E-state index is 11.9. The Morgan fingerprint density at radius 3 is 2.74 bits per heavy atom. The summed E-state index contributed by atoms with van der Waals surface area (Å²) < 4.78 is 30.8. The smallest absolute Gasteiger partial charge is 0.305 e. The maximum Gasteiger partial charge on any atom is 0.305 e. The van der Waals surface area contributed by atoms with E-state index in [1.165, 1.54) is 7.11 Å². The van der Waals surface area contributed by atoms with Gasteiger partial charge in [-0.05, 0) is 19.3 Å². The Kier molecular flexibility index (Phi) is 6.15. The number of nitrogens with two attached hydrogens (primary N) is 1. The number of esters is 1. The molecule has 6 nitrogen and oxygen atoms in total. The number of sulfonamides is 1. The number of rotatable bonds is 7. The van der Waals surface area contributed by atoms with Crippen LogP contribution in [-0.4, -0.2) is 38.3 Å². The zero-order valence-electron chi connectivity index (χ0n) is 10.9. The molecule has 0 spiro atoms. The fourth-order valence-corrected chi connectivity index (χ4v) is 3.91. The van der Waals surface area contributed by atoms with Crippen LogP contribution < -0.4 is 10.5 Å². The fourth-order valence-electron chi connectivity index (χ4n) is 2.24. The molecule has 0 heterocycles. The van der Waals surface area contributed by atoms with Crippen molar-refractivity contribution < 1.29 is 17.9 Å². The van der Waals surface area contributed by atoms with Crippen LogP contribution in [0, 0.1) is 5.92 Å². The first-order valence-corrected chi connectivity index (χ1v) is 8.28. The van der Waals surface area contributed by atoms with Gasteiger partial charge in [-0.25, -0.2) is 13.1 Å². The van der Waals surface area contributed by atoms with Crippen molar-refractivity contribution in [1.29, 1.82) is 0 Å². The van der Waals surface area contributed by atoms with Crippen molar-refractivity contribution in [2.24, 2.45) is 11.7 Å². The molecule has 1 rings (SSSR count). The summed E-state index contributed by atoms with van der Waals surface area (Å²) in [6, 6.07) is -0.208. The minimum atomic E-state index is -3.41. The highest BCUT2D eigenvalue weighted by molar-refractivity contribution is 7.89. The quantitative estimate of drug-likeness (QED) is 0.519. The zero-order valence-corrected chi connectivity index (χ0v) is 12.6. The monoisotopic (exact) mass is 308 g/mol. The van der Waals surface area contributed by atoms with E-state index in [2.05, 4.69) is 9.46 Å². The summed E-state index contributed by atoms with van der Waals surface area (Å²) in [6.07, 6.45) is 2.83. The van der Waals surface area contributed by atoms with Gasteiger partial charge in [-0.2, -0.15) is 0 Å². The second-order valence-corrected chi connectivity index (χ2v) is 7.01. The van der Waals surface area contributed by atoms with Gasteiger partial charge in [0, 0.05) is 18.4 Å². The van der Waals surface area contributed by atoms with E-state index in [1.807, 2.05) is 0 Å². The lowest BCUT2D eigenvalue weighted by Gasteiger charge is -2.19. The summed E-state index contributed by atoms with van der Waals surface area (Å²) >= 11 is 4.94. The van der Waals surface area contributed by atoms with Crippen molar-refractivity contribution in [2.45, 2.75) is 38.1 Å². The first-order valence-electron chi connectivity index (χ1n) is 6.22. The zero-order chi connectivity index (χ0) is 14.5. The van der Waals surface area contributed by atoms with E-state index >= 15 is 0 Å². The molecule has 1 saturated carbocycles. The summed E-state index contributed by atoms with van der Waals surface area (Å²) in [7, 11) is -2.13. The maximum absolute atomic E-state index is 11.9. The topological polar surface area (TPSA) is 98.5 Å². The molecule has 0 radical (unpaired) electrons. The van der Waals surface area contributed by atoms with Gasteiger partial charge in [0.1, 0.15) is 0 Å². The van der Waals surface area contributed by atoms with Gasteiger partial charge in [0.15, 0.2) is 0 Å². The Balaban J connectivity index is 2.46. The highest BCUT2D eigenvalue weighted by Gasteiger charge is 2.32. The largest absolute Gasteiger partial charge is 0.469 e. The van der Waals surface area contributed by atoms with Gasteiger partial charge in [0.2, 0.25) is 10.0 Å². The molecule has 2 unspecified atom stereocenters. The van der Waals surface area contributed by atoms with E-state index in [0.717, 1.165) is 19.3 Å². The van der Waals surface area contributed by atoms with Crippen molar-refractivity contribution in [3.63, 3.8) is 0 Å². The summed E-state index contributed by atoms with van der Waals surface area (Å²) in [5, 5.41) is 0. The highest BCUT2D eigenvalue weighted by atomic mass is 32.2. The molecule has 8 heteroatoms. The summed E-state index contributed by atoms with van der Waals surface area (Å²) in [4.78, 5) is 11.3. The number of nitrogens with one attached hydrogen (secondary N) is 1. The number of methoxy groups -OCH3 is 1. The number of hydrogen-bond donors (Lipinski definition) is 2. The van der Waals surface area contributed by atoms with Crippen LogP contribution in [0.5, 0.6) is 0 Å². The molecule has 19 heavy (non-hydrogen) atoms. The van der Waals surface area contributed by atoms with E-state index in [1.54, 1.807) is 0 Å². The van der Waals surface area contributed by atoms with Gasteiger partial charge in [0.25, 0.3) is 0 Å². The molecule has 0 aromatic heterocycles. The fraction of sp³-hybridized carbons (Fsp3) is 0.818.